The Hall–Kier alpha value is -0.0400. The van der Waals surface area contributed by atoms with Crippen LogP contribution >= 0.6 is 0 Å². The highest BCUT2D eigenvalue weighted by atomic mass is 14.9. The van der Waals surface area contributed by atoms with Gasteiger partial charge in [-0.25, -0.2) is 0 Å². The highest BCUT2D eigenvalue weighted by Crippen LogP contribution is 2.36. The molecule has 1 N–H and O–H groups in total. The van der Waals surface area contributed by atoms with E-state index < -0.39 is 0 Å². The van der Waals surface area contributed by atoms with Gasteiger partial charge in [0, 0.05) is 6.04 Å². The average Bonchev–Trinajstić information content (AvgIpc) is 2.44. The van der Waals surface area contributed by atoms with Gasteiger partial charge >= 0.3 is 0 Å². The van der Waals surface area contributed by atoms with Crippen molar-refractivity contribution in [2.24, 2.45) is 17.8 Å². The van der Waals surface area contributed by atoms with Crippen molar-refractivity contribution in [1.82, 2.24) is 5.32 Å². The summed E-state index contributed by atoms with van der Waals surface area (Å²) in [5.41, 5.74) is 0. The van der Waals surface area contributed by atoms with Gasteiger partial charge in [-0.05, 0) is 50.0 Å². The molecular weight excluding hydrogens is 242 g/mol. The van der Waals surface area contributed by atoms with Crippen molar-refractivity contribution in [2.75, 3.05) is 6.54 Å². The van der Waals surface area contributed by atoms with Crippen molar-refractivity contribution in [3.05, 3.63) is 0 Å². The zero-order valence-corrected chi connectivity index (χ0v) is 14.6. The minimum Gasteiger partial charge on any atom is -0.314 e. The second-order valence-electron chi connectivity index (χ2n) is 7.30. The molecule has 0 spiro atoms. The van der Waals surface area contributed by atoms with Crippen LogP contribution in [-0.4, -0.2) is 12.6 Å². The van der Waals surface area contributed by atoms with Gasteiger partial charge < -0.3 is 5.32 Å². The molecule has 0 aromatic heterocycles. The van der Waals surface area contributed by atoms with E-state index in [-0.39, 0.29) is 0 Å². The first-order valence-corrected chi connectivity index (χ1v) is 9.42. The normalized spacial score (nSPS) is 27.1. The van der Waals surface area contributed by atoms with Gasteiger partial charge in [0.2, 0.25) is 0 Å². The maximum absolute atomic E-state index is 3.76. The predicted octanol–water partition coefficient (Wildman–Crippen LogP) is 5.79. The number of nitrogens with one attached hydrogen (secondary N) is 1. The van der Waals surface area contributed by atoms with E-state index in [9.17, 15) is 0 Å². The molecule has 1 aliphatic rings. The van der Waals surface area contributed by atoms with Crippen LogP contribution in [-0.2, 0) is 0 Å². The first kappa shape index (κ1) is 18.0. The third-order valence-corrected chi connectivity index (χ3v) is 5.36. The fraction of sp³-hybridized carbons (Fsp3) is 1.00. The minimum atomic E-state index is 0.811. The van der Waals surface area contributed by atoms with Gasteiger partial charge in [-0.3, -0.25) is 0 Å². The molecule has 0 saturated heterocycles. The average molecular weight is 282 g/mol. The van der Waals surface area contributed by atoms with Crippen LogP contribution < -0.4 is 5.32 Å². The van der Waals surface area contributed by atoms with E-state index in [2.05, 4.69) is 33.0 Å². The molecule has 0 bridgehead atoms. The standard InChI is InChI=1S/C19H39N/c1-5-7-8-9-10-11-12-18-15-17(16(3)4)13-14-19(18)20-6-2/h16-20H,5-15H2,1-4H3. The lowest BCUT2D eigenvalue weighted by Gasteiger charge is -2.38. The van der Waals surface area contributed by atoms with E-state index in [4.69, 9.17) is 0 Å². The quantitative estimate of drug-likeness (QED) is 0.500. The molecule has 0 heterocycles. The number of hydrogen-bond acceptors (Lipinski definition) is 1. The summed E-state index contributed by atoms with van der Waals surface area (Å²) in [4.78, 5) is 0. The van der Waals surface area contributed by atoms with Crippen LogP contribution in [0.3, 0.4) is 0 Å². The Labute approximate surface area is 128 Å². The predicted molar refractivity (Wildman–Crippen MR) is 91.1 cm³/mol. The van der Waals surface area contributed by atoms with Gasteiger partial charge in [-0.15, -0.1) is 0 Å². The molecule has 1 aliphatic carbocycles. The highest BCUT2D eigenvalue weighted by Gasteiger charge is 2.30. The van der Waals surface area contributed by atoms with Gasteiger partial charge in [0.25, 0.3) is 0 Å². The molecular formula is C19H39N. The van der Waals surface area contributed by atoms with Crippen molar-refractivity contribution in [3.63, 3.8) is 0 Å². The Morgan fingerprint density at radius 3 is 2.30 bits per heavy atom. The first-order chi connectivity index (χ1) is 9.69. The Kier molecular flexibility index (Phi) is 9.59. The zero-order chi connectivity index (χ0) is 14.8. The summed E-state index contributed by atoms with van der Waals surface area (Å²) in [5.74, 6) is 2.81. The van der Waals surface area contributed by atoms with E-state index in [0.717, 1.165) is 30.3 Å². The van der Waals surface area contributed by atoms with Crippen LogP contribution in [0.4, 0.5) is 0 Å². The van der Waals surface area contributed by atoms with Gasteiger partial charge in [0.15, 0.2) is 0 Å². The highest BCUT2D eigenvalue weighted by molar-refractivity contribution is 4.85. The fourth-order valence-electron chi connectivity index (χ4n) is 3.94. The third kappa shape index (κ3) is 6.61. The van der Waals surface area contributed by atoms with E-state index in [1.807, 2.05) is 0 Å². The molecule has 120 valence electrons. The molecule has 3 atom stereocenters. The summed E-state index contributed by atoms with van der Waals surface area (Å²) in [6, 6.07) is 0.811. The third-order valence-electron chi connectivity index (χ3n) is 5.36. The second-order valence-corrected chi connectivity index (χ2v) is 7.30. The van der Waals surface area contributed by atoms with Crippen LogP contribution in [0.1, 0.15) is 91.9 Å². The Balaban J connectivity index is 2.28. The smallest absolute Gasteiger partial charge is 0.00954 e. The Morgan fingerprint density at radius 1 is 0.950 bits per heavy atom. The molecule has 0 radical (unpaired) electrons. The molecule has 0 aromatic rings. The molecule has 0 amide bonds. The summed E-state index contributed by atoms with van der Waals surface area (Å²) in [5, 5.41) is 3.76. The number of rotatable bonds is 10. The summed E-state index contributed by atoms with van der Waals surface area (Å²) in [6.45, 7) is 10.5. The van der Waals surface area contributed by atoms with E-state index >= 15 is 0 Å². The molecule has 20 heavy (non-hydrogen) atoms. The molecule has 0 aromatic carbocycles. The Bertz CT molecular complexity index is 224. The molecule has 1 fully saturated rings. The van der Waals surface area contributed by atoms with E-state index in [0.29, 0.717) is 0 Å². The first-order valence-electron chi connectivity index (χ1n) is 9.42. The van der Waals surface area contributed by atoms with Crippen molar-refractivity contribution in [2.45, 2.75) is 97.9 Å². The molecule has 3 unspecified atom stereocenters. The zero-order valence-electron chi connectivity index (χ0n) is 14.6. The minimum absolute atomic E-state index is 0.811. The van der Waals surface area contributed by atoms with Crippen molar-refractivity contribution >= 4 is 0 Å². The van der Waals surface area contributed by atoms with Crippen molar-refractivity contribution in [3.8, 4) is 0 Å². The van der Waals surface area contributed by atoms with Gasteiger partial charge in [-0.2, -0.15) is 0 Å². The van der Waals surface area contributed by atoms with Gasteiger partial charge in [0.1, 0.15) is 0 Å². The summed E-state index contributed by atoms with van der Waals surface area (Å²) in [6.07, 6.45) is 14.4. The summed E-state index contributed by atoms with van der Waals surface area (Å²) < 4.78 is 0. The summed E-state index contributed by atoms with van der Waals surface area (Å²) in [7, 11) is 0. The topological polar surface area (TPSA) is 12.0 Å². The maximum Gasteiger partial charge on any atom is 0.00954 e. The lowest BCUT2D eigenvalue weighted by molar-refractivity contribution is 0.159. The Morgan fingerprint density at radius 2 is 1.65 bits per heavy atom. The van der Waals surface area contributed by atoms with Gasteiger partial charge in [-0.1, -0.05) is 66.2 Å². The van der Waals surface area contributed by atoms with Gasteiger partial charge in [0.05, 0.1) is 0 Å². The molecule has 1 rings (SSSR count). The summed E-state index contributed by atoms with van der Waals surface area (Å²) >= 11 is 0. The molecule has 1 heteroatoms. The molecule has 1 nitrogen and oxygen atoms in total. The monoisotopic (exact) mass is 281 g/mol. The van der Waals surface area contributed by atoms with Crippen LogP contribution in [0.2, 0.25) is 0 Å². The maximum atomic E-state index is 3.76. The SMILES string of the molecule is CCCCCCCCC1CC(C(C)C)CCC1NCC. The largest absolute Gasteiger partial charge is 0.314 e. The van der Waals surface area contributed by atoms with Crippen LogP contribution in [0.5, 0.6) is 0 Å². The van der Waals surface area contributed by atoms with E-state index in [1.54, 1.807) is 0 Å². The lowest BCUT2D eigenvalue weighted by Crippen LogP contribution is -2.41. The van der Waals surface area contributed by atoms with Crippen LogP contribution in [0.25, 0.3) is 0 Å². The molecule has 1 saturated carbocycles. The van der Waals surface area contributed by atoms with E-state index in [1.165, 1.54) is 64.2 Å². The van der Waals surface area contributed by atoms with Crippen LogP contribution in [0, 0.1) is 17.8 Å². The number of hydrogen-bond donors (Lipinski definition) is 1. The fourth-order valence-corrected chi connectivity index (χ4v) is 3.94. The van der Waals surface area contributed by atoms with Crippen LogP contribution in [0.15, 0.2) is 0 Å². The molecule has 0 aliphatic heterocycles. The second kappa shape index (κ2) is 10.7. The lowest BCUT2D eigenvalue weighted by atomic mass is 9.72. The van der Waals surface area contributed by atoms with Crippen molar-refractivity contribution < 1.29 is 0 Å². The van der Waals surface area contributed by atoms with Crippen molar-refractivity contribution in [1.29, 1.82) is 0 Å². The number of unbranched alkanes of at least 4 members (excludes halogenated alkanes) is 5.